The zero-order valence-electron chi connectivity index (χ0n) is 11.7. The van der Waals surface area contributed by atoms with Gasteiger partial charge in [-0.15, -0.1) is 12.4 Å². The number of nitrogens with two attached hydrogens (primary N) is 1. The van der Waals surface area contributed by atoms with Crippen molar-refractivity contribution in [2.24, 2.45) is 5.73 Å². The number of rotatable bonds is 5. The molecule has 0 aliphatic carbocycles. The number of carbonyl (C=O) groups excluding carboxylic acids is 1. The fraction of sp³-hybridized carbons (Fsp3) is 0.533. The van der Waals surface area contributed by atoms with Crippen LogP contribution in [-0.4, -0.2) is 43.2 Å². The van der Waals surface area contributed by atoms with E-state index in [2.05, 4.69) is 12.1 Å². The van der Waals surface area contributed by atoms with E-state index in [1.807, 2.05) is 23.1 Å². The molecule has 112 valence electrons. The van der Waals surface area contributed by atoms with Gasteiger partial charge in [-0.05, 0) is 24.8 Å². The van der Waals surface area contributed by atoms with Crippen LogP contribution in [0.3, 0.4) is 0 Å². The quantitative estimate of drug-likeness (QED) is 0.899. The standard InChI is InChI=1S/C15H22N2O2.ClH/c16-12-15(18)17-9-6-14(7-10-17)19-11-8-13-4-2-1-3-5-13;/h1-5,14H,6-12,16H2;1H. The van der Waals surface area contributed by atoms with Crippen LogP contribution in [0.1, 0.15) is 18.4 Å². The number of benzene rings is 1. The molecule has 1 amide bonds. The van der Waals surface area contributed by atoms with Gasteiger partial charge in [0.15, 0.2) is 0 Å². The molecule has 1 heterocycles. The minimum absolute atomic E-state index is 0. The number of ether oxygens (including phenoxy) is 1. The molecule has 4 nitrogen and oxygen atoms in total. The van der Waals surface area contributed by atoms with Gasteiger partial charge in [0.25, 0.3) is 0 Å². The molecule has 1 aliphatic rings. The van der Waals surface area contributed by atoms with Crippen molar-refractivity contribution in [1.29, 1.82) is 0 Å². The lowest BCUT2D eigenvalue weighted by molar-refractivity contribution is -0.132. The Morgan fingerprint density at radius 3 is 2.50 bits per heavy atom. The second-order valence-corrected chi connectivity index (χ2v) is 4.89. The average molecular weight is 299 g/mol. The first-order valence-corrected chi connectivity index (χ1v) is 6.93. The van der Waals surface area contributed by atoms with Gasteiger partial charge in [0.1, 0.15) is 0 Å². The second kappa shape index (κ2) is 8.95. The summed E-state index contributed by atoms with van der Waals surface area (Å²) < 4.78 is 5.88. The van der Waals surface area contributed by atoms with E-state index >= 15 is 0 Å². The molecule has 5 heteroatoms. The van der Waals surface area contributed by atoms with Crippen molar-refractivity contribution in [3.63, 3.8) is 0 Å². The Morgan fingerprint density at radius 1 is 1.25 bits per heavy atom. The first-order valence-electron chi connectivity index (χ1n) is 6.93. The SMILES string of the molecule is Cl.NCC(=O)N1CCC(OCCc2ccccc2)CC1. The molecule has 0 unspecified atom stereocenters. The van der Waals surface area contributed by atoms with Crippen LogP contribution >= 0.6 is 12.4 Å². The van der Waals surface area contributed by atoms with Crippen molar-refractivity contribution in [2.75, 3.05) is 26.2 Å². The topological polar surface area (TPSA) is 55.6 Å². The number of nitrogens with zero attached hydrogens (tertiary/aromatic N) is 1. The molecule has 0 aromatic heterocycles. The van der Waals surface area contributed by atoms with Crippen molar-refractivity contribution in [1.82, 2.24) is 4.90 Å². The van der Waals surface area contributed by atoms with E-state index in [-0.39, 0.29) is 31.0 Å². The Balaban J connectivity index is 0.00000200. The molecule has 0 saturated carbocycles. The molecule has 1 fully saturated rings. The third-order valence-corrected chi connectivity index (χ3v) is 3.56. The molecule has 2 rings (SSSR count). The van der Waals surface area contributed by atoms with Gasteiger partial charge in [-0.3, -0.25) is 4.79 Å². The van der Waals surface area contributed by atoms with Gasteiger partial charge in [-0.25, -0.2) is 0 Å². The molecule has 20 heavy (non-hydrogen) atoms. The van der Waals surface area contributed by atoms with Crippen molar-refractivity contribution in [3.05, 3.63) is 35.9 Å². The molecule has 0 atom stereocenters. The van der Waals surface area contributed by atoms with Crippen LogP contribution < -0.4 is 5.73 Å². The number of carbonyl (C=O) groups is 1. The second-order valence-electron chi connectivity index (χ2n) is 4.89. The first kappa shape index (κ1) is 17.0. The summed E-state index contributed by atoms with van der Waals surface area (Å²) in [6.45, 7) is 2.40. The predicted molar refractivity (Wildman–Crippen MR) is 82.0 cm³/mol. The third-order valence-electron chi connectivity index (χ3n) is 3.56. The van der Waals surface area contributed by atoms with E-state index in [1.165, 1.54) is 5.56 Å². The Bertz CT molecular complexity index is 392. The Morgan fingerprint density at radius 2 is 1.90 bits per heavy atom. The van der Waals surface area contributed by atoms with E-state index in [9.17, 15) is 4.79 Å². The van der Waals surface area contributed by atoms with Crippen LogP contribution in [0.4, 0.5) is 0 Å². The highest BCUT2D eigenvalue weighted by Gasteiger charge is 2.22. The van der Waals surface area contributed by atoms with Crippen molar-refractivity contribution in [3.8, 4) is 0 Å². The van der Waals surface area contributed by atoms with Gasteiger partial charge < -0.3 is 15.4 Å². The van der Waals surface area contributed by atoms with E-state index in [4.69, 9.17) is 10.5 Å². The maximum atomic E-state index is 11.4. The van der Waals surface area contributed by atoms with E-state index < -0.39 is 0 Å². The lowest BCUT2D eigenvalue weighted by Gasteiger charge is -2.31. The van der Waals surface area contributed by atoms with Crippen LogP contribution in [0.2, 0.25) is 0 Å². The summed E-state index contributed by atoms with van der Waals surface area (Å²) in [5.41, 5.74) is 6.66. The molecule has 0 radical (unpaired) electrons. The summed E-state index contributed by atoms with van der Waals surface area (Å²) in [5.74, 6) is 0.0442. The summed E-state index contributed by atoms with van der Waals surface area (Å²) in [6, 6.07) is 10.4. The Labute approximate surface area is 126 Å². The van der Waals surface area contributed by atoms with Gasteiger partial charge in [-0.2, -0.15) is 0 Å². The van der Waals surface area contributed by atoms with E-state index in [1.54, 1.807) is 0 Å². The summed E-state index contributed by atoms with van der Waals surface area (Å²) in [5, 5.41) is 0. The smallest absolute Gasteiger partial charge is 0.236 e. The normalized spacial score (nSPS) is 15.8. The lowest BCUT2D eigenvalue weighted by Crippen LogP contribution is -2.43. The zero-order valence-corrected chi connectivity index (χ0v) is 12.5. The average Bonchev–Trinajstić information content (AvgIpc) is 2.48. The van der Waals surface area contributed by atoms with Crippen LogP contribution in [0.5, 0.6) is 0 Å². The highest BCUT2D eigenvalue weighted by molar-refractivity contribution is 5.85. The van der Waals surface area contributed by atoms with Gasteiger partial charge in [0.2, 0.25) is 5.91 Å². The van der Waals surface area contributed by atoms with Gasteiger partial charge in [-0.1, -0.05) is 30.3 Å². The molecule has 1 saturated heterocycles. The van der Waals surface area contributed by atoms with Crippen molar-refractivity contribution in [2.45, 2.75) is 25.4 Å². The van der Waals surface area contributed by atoms with Gasteiger partial charge in [0.05, 0.1) is 19.3 Å². The highest BCUT2D eigenvalue weighted by Crippen LogP contribution is 2.14. The van der Waals surface area contributed by atoms with Crippen LogP contribution in [0.25, 0.3) is 0 Å². The number of piperidine rings is 1. The number of amides is 1. The van der Waals surface area contributed by atoms with Gasteiger partial charge >= 0.3 is 0 Å². The van der Waals surface area contributed by atoms with Crippen molar-refractivity contribution < 1.29 is 9.53 Å². The van der Waals surface area contributed by atoms with Crippen LogP contribution in [-0.2, 0) is 16.0 Å². The maximum Gasteiger partial charge on any atom is 0.236 e. The fourth-order valence-corrected chi connectivity index (χ4v) is 2.39. The summed E-state index contributed by atoms with van der Waals surface area (Å²) in [7, 11) is 0. The summed E-state index contributed by atoms with van der Waals surface area (Å²) in [4.78, 5) is 13.3. The number of hydrogen-bond donors (Lipinski definition) is 1. The van der Waals surface area contributed by atoms with Gasteiger partial charge in [0, 0.05) is 13.1 Å². The molecular weight excluding hydrogens is 276 g/mol. The Kier molecular flexibility index (Phi) is 7.59. The molecule has 1 aromatic carbocycles. The molecule has 2 N–H and O–H groups in total. The largest absolute Gasteiger partial charge is 0.378 e. The monoisotopic (exact) mass is 298 g/mol. The maximum absolute atomic E-state index is 11.4. The van der Waals surface area contributed by atoms with Crippen LogP contribution in [0.15, 0.2) is 30.3 Å². The minimum atomic E-state index is 0. The number of likely N-dealkylation sites (tertiary alicyclic amines) is 1. The van der Waals surface area contributed by atoms with E-state index in [0.717, 1.165) is 39.0 Å². The lowest BCUT2D eigenvalue weighted by atomic mass is 10.1. The molecule has 1 aliphatic heterocycles. The minimum Gasteiger partial charge on any atom is -0.378 e. The molecular formula is C15H23ClN2O2. The van der Waals surface area contributed by atoms with Crippen molar-refractivity contribution >= 4 is 18.3 Å². The highest BCUT2D eigenvalue weighted by atomic mass is 35.5. The molecule has 0 bridgehead atoms. The fourth-order valence-electron chi connectivity index (χ4n) is 2.39. The number of hydrogen-bond acceptors (Lipinski definition) is 3. The summed E-state index contributed by atoms with van der Waals surface area (Å²) in [6.07, 6.45) is 3.06. The zero-order chi connectivity index (χ0) is 13.5. The number of halogens is 1. The predicted octanol–water partition coefficient (Wildman–Crippen LogP) is 1.62. The Hall–Kier alpha value is -1.10. The van der Waals surface area contributed by atoms with E-state index in [0.29, 0.717) is 0 Å². The molecule has 1 aromatic rings. The van der Waals surface area contributed by atoms with Crippen LogP contribution in [0, 0.1) is 0 Å². The first-order chi connectivity index (χ1) is 9.29. The molecule has 0 spiro atoms. The third kappa shape index (κ3) is 5.12. The summed E-state index contributed by atoms with van der Waals surface area (Å²) >= 11 is 0.